The van der Waals surface area contributed by atoms with Crippen molar-refractivity contribution in [1.29, 1.82) is 0 Å². The smallest absolute Gasteiger partial charge is 0.408 e. The molecule has 0 spiro atoms. The fourth-order valence-corrected chi connectivity index (χ4v) is 4.43. The Morgan fingerprint density at radius 3 is 2.75 bits per heavy atom. The monoisotopic (exact) mass is 412 g/mol. The van der Waals surface area contributed by atoms with Crippen LogP contribution < -0.4 is 11.1 Å². The van der Waals surface area contributed by atoms with Gasteiger partial charge in [-0.3, -0.25) is 14.7 Å². The van der Waals surface area contributed by atoms with Crippen LogP contribution in [0.3, 0.4) is 0 Å². The quantitative estimate of drug-likeness (QED) is 0.381. The molecule has 0 saturated carbocycles. The second-order valence-corrected chi connectivity index (χ2v) is 8.22. The number of oxazole rings is 1. The summed E-state index contributed by atoms with van der Waals surface area (Å²) < 4.78 is 7.29. The largest absolute Gasteiger partial charge is 0.420 e. The van der Waals surface area contributed by atoms with E-state index in [1.807, 2.05) is 30.3 Å². The normalized spacial score (nSPS) is 12.2. The molecule has 1 atom stereocenters. The molecule has 0 saturated heterocycles. The number of aromatic nitrogens is 3. The maximum absolute atomic E-state index is 12.6. The number of thioether (sulfide) groups is 1. The Labute approximate surface area is 168 Å². The van der Waals surface area contributed by atoms with Gasteiger partial charge in [0.1, 0.15) is 6.04 Å². The van der Waals surface area contributed by atoms with Crippen LogP contribution in [0, 0.1) is 0 Å². The van der Waals surface area contributed by atoms with Crippen LogP contribution in [0.25, 0.3) is 11.1 Å². The molecule has 0 aliphatic rings. The van der Waals surface area contributed by atoms with Gasteiger partial charge >= 0.3 is 5.76 Å². The number of anilines is 1. The van der Waals surface area contributed by atoms with Gasteiger partial charge in [-0.1, -0.05) is 65.6 Å². The number of hydrogen-bond acceptors (Lipinski definition) is 7. The summed E-state index contributed by atoms with van der Waals surface area (Å²) >= 11 is 2.86. The number of carbonyl (C=O) groups excluding carboxylic acids is 1. The van der Waals surface area contributed by atoms with Crippen LogP contribution in [0.5, 0.6) is 0 Å². The number of hydrogen-bond donors (Lipinski definition) is 1. The van der Waals surface area contributed by atoms with Gasteiger partial charge in [-0.25, -0.2) is 4.79 Å². The number of para-hydroxylation sites is 2. The molecule has 0 aliphatic heterocycles. The zero-order chi connectivity index (χ0) is 19.5. The summed E-state index contributed by atoms with van der Waals surface area (Å²) in [6.07, 6.45) is 0. The van der Waals surface area contributed by atoms with Crippen LogP contribution in [0.2, 0.25) is 0 Å². The summed E-state index contributed by atoms with van der Waals surface area (Å²) in [5, 5.41) is 11.3. The van der Waals surface area contributed by atoms with Crippen LogP contribution >= 0.6 is 23.1 Å². The third-order valence-electron chi connectivity index (χ3n) is 4.13. The van der Waals surface area contributed by atoms with Crippen molar-refractivity contribution in [2.45, 2.75) is 23.1 Å². The van der Waals surface area contributed by atoms with Gasteiger partial charge in [-0.05, 0) is 24.6 Å². The fourth-order valence-electron chi connectivity index (χ4n) is 2.72. The lowest BCUT2D eigenvalue weighted by Gasteiger charge is -2.11. The summed E-state index contributed by atoms with van der Waals surface area (Å²) in [5.41, 5.74) is 2.21. The van der Waals surface area contributed by atoms with E-state index in [-0.39, 0.29) is 5.91 Å². The SMILES string of the molecule is CC(C(=O)Nc1nnc(SCc2ccccc2)s1)n1c(=O)oc2ccccc21. The van der Waals surface area contributed by atoms with Gasteiger partial charge in [0.25, 0.3) is 0 Å². The average Bonchev–Trinajstić information content (AvgIpc) is 3.29. The molecule has 1 unspecified atom stereocenters. The van der Waals surface area contributed by atoms with Gasteiger partial charge in [-0.15, -0.1) is 10.2 Å². The molecule has 1 N–H and O–H groups in total. The molecule has 2 aromatic carbocycles. The molecule has 7 nitrogen and oxygen atoms in total. The highest BCUT2D eigenvalue weighted by molar-refractivity contribution is 8.00. The van der Waals surface area contributed by atoms with Crippen molar-refractivity contribution >= 4 is 45.2 Å². The lowest BCUT2D eigenvalue weighted by molar-refractivity contribution is -0.118. The van der Waals surface area contributed by atoms with E-state index in [0.717, 1.165) is 10.1 Å². The third-order valence-corrected chi connectivity index (χ3v) is 6.17. The molecule has 142 valence electrons. The van der Waals surface area contributed by atoms with Gasteiger partial charge in [0.15, 0.2) is 9.92 Å². The first-order valence-corrected chi connectivity index (χ1v) is 10.3. The second-order valence-electron chi connectivity index (χ2n) is 6.02. The highest BCUT2D eigenvalue weighted by atomic mass is 32.2. The van der Waals surface area contributed by atoms with Gasteiger partial charge < -0.3 is 4.42 Å². The third kappa shape index (κ3) is 3.85. The number of fused-ring (bicyclic) bond motifs is 1. The molecular weight excluding hydrogens is 396 g/mol. The van der Waals surface area contributed by atoms with Crippen molar-refractivity contribution in [1.82, 2.24) is 14.8 Å². The summed E-state index contributed by atoms with van der Waals surface area (Å²) in [6, 6.07) is 16.3. The number of nitrogens with zero attached hydrogens (tertiary/aromatic N) is 3. The molecule has 0 bridgehead atoms. The van der Waals surface area contributed by atoms with E-state index < -0.39 is 11.8 Å². The topological polar surface area (TPSA) is 90.0 Å². The lowest BCUT2D eigenvalue weighted by Crippen LogP contribution is -2.29. The van der Waals surface area contributed by atoms with Crippen molar-refractivity contribution in [2.75, 3.05) is 5.32 Å². The summed E-state index contributed by atoms with van der Waals surface area (Å²) in [7, 11) is 0. The first-order valence-electron chi connectivity index (χ1n) is 8.53. The fraction of sp³-hybridized carbons (Fsp3) is 0.158. The molecule has 9 heteroatoms. The molecule has 0 fully saturated rings. The van der Waals surface area contributed by atoms with E-state index in [1.54, 1.807) is 43.0 Å². The molecule has 0 aliphatic carbocycles. The van der Waals surface area contributed by atoms with Crippen molar-refractivity contribution in [3.05, 3.63) is 70.7 Å². The first kappa shape index (κ1) is 18.5. The lowest BCUT2D eigenvalue weighted by atomic mass is 10.2. The summed E-state index contributed by atoms with van der Waals surface area (Å²) in [6.45, 7) is 1.64. The van der Waals surface area contributed by atoms with E-state index in [9.17, 15) is 9.59 Å². The first-order chi connectivity index (χ1) is 13.6. The Balaban J connectivity index is 1.44. The molecular formula is C19H16N4O3S2. The standard InChI is InChI=1S/C19H16N4O3S2/c1-12(23-14-9-5-6-10-15(14)26-19(23)25)16(24)20-17-21-22-18(28-17)27-11-13-7-3-2-4-8-13/h2-10,12H,11H2,1H3,(H,20,21,24). The van der Waals surface area contributed by atoms with Crippen molar-refractivity contribution in [3.63, 3.8) is 0 Å². The average molecular weight is 412 g/mol. The van der Waals surface area contributed by atoms with Crippen LogP contribution in [0.1, 0.15) is 18.5 Å². The van der Waals surface area contributed by atoms with Crippen LogP contribution in [-0.4, -0.2) is 20.7 Å². The number of carbonyl (C=O) groups is 1. The molecule has 28 heavy (non-hydrogen) atoms. The van der Waals surface area contributed by atoms with Gasteiger partial charge in [0.2, 0.25) is 11.0 Å². The highest BCUT2D eigenvalue weighted by Crippen LogP contribution is 2.28. The number of amides is 1. The number of benzene rings is 2. The Bertz CT molecular complexity index is 1170. The van der Waals surface area contributed by atoms with E-state index in [0.29, 0.717) is 16.2 Å². The Morgan fingerprint density at radius 2 is 1.93 bits per heavy atom. The number of nitrogens with one attached hydrogen (secondary N) is 1. The zero-order valence-electron chi connectivity index (χ0n) is 14.9. The second kappa shape index (κ2) is 7.99. The molecule has 4 rings (SSSR count). The van der Waals surface area contributed by atoms with Crippen LogP contribution in [0.4, 0.5) is 5.13 Å². The van der Waals surface area contributed by atoms with E-state index in [1.165, 1.54) is 21.5 Å². The Kier molecular flexibility index (Phi) is 5.27. The van der Waals surface area contributed by atoms with Crippen LogP contribution in [0.15, 0.2) is 68.1 Å². The predicted octanol–water partition coefficient (Wildman–Crippen LogP) is 3.94. The minimum Gasteiger partial charge on any atom is -0.408 e. The molecule has 4 aromatic rings. The maximum Gasteiger partial charge on any atom is 0.420 e. The highest BCUT2D eigenvalue weighted by Gasteiger charge is 2.22. The van der Waals surface area contributed by atoms with E-state index in [4.69, 9.17) is 4.42 Å². The van der Waals surface area contributed by atoms with Crippen LogP contribution in [-0.2, 0) is 10.5 Å². The van der Waals surface area contributed by atoms with Gasteiger partial charge in [0.05, 0.1) is 5.52 Å². The molecule has 0 radical (unpaired) electrons. The van der Waals surface area contributed by atoms with Gasteiger partial charge in [-0.2, -0.15) is 0 Å². The van der Waals surface area contributed by atoms with E-state index >= 15 is 0 Å². The van der Waals surface area contributed by atoms with Gasteiger partial charge in [0, 0.05) is 5.75 Å². The summed E-state index contributed by atoms with van der Waals surface area (Å²) in [5.74, 6) is -0.152. The number of rotatable bonds is 6. The molecule has 2 aromatic heterocycles. The zero-order valence-corrected chi connectivity index (χ0v) is 16.5. The Morgan fingerprint density at radius 1 is 1.18 bits per heavy atom. The van der Waals surface area contributed by atoms with Crippen molar-refractivity contribution in [3.8, 4) is 0 Å². The maximum atomic E-state index is 12.6. The Hall–Kier alpha value is -2.91. The van der Waals surface area contributed by atoms with E-state index in [2.05, 4.69) is 15.5 Å². The van der Waals surface area contributed by atoms with Crippen molar-refractivity contribution < 1.29 is 9.21 Å². The van der Waals surface area contributed by atoms with Crippen molar-refractivity contribution in [2.24, 2.45) is 0 Å². The minimum atomic E-state index is -0.750. The predicted molar refractivity (Wildman–Crippen MR) is 110 cm³/mol. The molecule has 1 amide bonds. The molecule has 2 heterocycles. The summed E-state index contributed by atoms with van der Waals surface area (Å²) in [4.78, 5) is 24.8. The minimum absolute atomic E-state index is 0.357.